The van der Waals surface area contributed by atoms with Crippen LogP contribution in [-0.2, 0) is 9.59 Å². The van der Waals surface area contributed by atoms with Crippen LogP contribution in [0.25, 0.3) is 0 Å². The molecule has 2 fully saturated rings. The van der Waals surface area contributed by atoms with Crippen LogP contribution in [0.3, 0.4) is 0 Å². The fraction of sp³-hybridized carbons (Fsp3) is 0.556. The molecule has 1 aliphatic heterocycles. The lowest BCUT2D eigenvalue weighted by molar-refractivity contribution is -0.130. The second-order valence-corrected chi connectivity index (χ2v) is 7.51. The molecule has 23 heavy (non-hydrogen) atoms. The van der Waals surface area contributed by atoms with Gasteiger partial charge in [0, 0.05) is 36.2 Å². The fourth-order valence-electron chi connectivity index (χ4n) is 3.48. The van der Waals surface area contributed by atoms with Gasteiger partial charge in [-0.05, 0) is 25.0 Å². The summed E-state index contributed by atoms with van der Waals surface area (Å²) in [5.74, 6) is 0.885. The van der Waals surface area contributed by atoms with Crippen LogP contribution in [0.2, 0.25) is 0 Å². The fourth-order valence-corrected chi connectivity index (χ4v) is 4.27. The minimum Gasteiger partial charge on any atom is -0.355 e. The highest BCUT2D eigenvalue weighted by Crippen LogP contribution is 2.29. The average Bonchev–Trinajstić information content (AvgIpc) is 3.21. The summed E-state index contributed by atoms with van der Waals surface area (Å²) in [7, 11) is 0. The van der Waals surface area contributed by atoms with Crippen LogP contribution >= 0.6 is 11.8 Å². The number of thioether (sulfide) groups is 1. The van der Waals surface area contributed by atoms with Gasteiger partial charge in [0.25, 0.3) is 0 Å². The number of hydrogen-bond donors (Lipinski definition) is 1. The van der Waals surface area contributed by atoms with Crippen molar-refractivity contribution in [2.75, 3.05) is 18.8 Å². The molecule has 3 rings (SSSR count). The number of carbonyl (C=O) groups excluding carboxylic acids is 2. The van der Waals surface area contributed by atoms with E-state index in [9.17, 15) is 9.59 Å². The van der Waals surface area contributed by atoms with Crippen molar-refractivity contribution in [3.05, 3.63) is 30.3 Å². The van der Waals surface area contributed by atoms with Crippen molar-refractivity contribution in [3.8, 4) is 0 Å². The number of hydrogen-bond acceptors (Lipinski definition) is 3. The number of likely N-dealkylation sites (tertiary alicyclic amines) is 1. The van der Waals surface area contributed by atoms with Crippen molar-refractivity contribution < 1.29 is 9.59 Å². The zero-order chi connectivity index (χ0) is 16.1. The molecule has 4 nitrogen and oxygen atoms in total. The molecule has 1 aromatic carbocycles. The largest absolute Gasteiger partial charge is 0.355 e. The van der Waals surface area contributed by atoms with Crippen LogP contribution < -0.4 is 5.32 Å². The maximum Gasteiger partial charge on any atom is 0.225 e. The molecule has 1 atom stereocenters. The highest BCUT2D eigenvalue weighted by atomic mass is 32.2. The number of amides is 2. The van der Waals surface area contributed by atoms with Crippen molar-refractivity contribution in [2.45, 2.75) is 43.0 Å². The Morgan fingerprint density at radius 2 is 1.96 bits per heavy atom. The average molecular weight is 332 g/mol. The maximum atomic E-state index is 12.3. The standard InChI is InChI=1S/C18H24N2O2S/c21-17-12-14(13-20(17)15-6-4-5-7-15)18(22)19-10-11-23-16-8-2-1-3-9-16/h1-3,8-9,14-15H,4-7,10-13H2,(H,19,22)/t14-/m0/s1. The molecule has 1 saturated heterocycles. The molecule has 2 aliphatic rings. The summed E-state index contributed by atoms with van der Waals surface area (Å²) in [6, 6.07) is 10.6. The monoisotopic (exact) mass is 332 g/mol. The van der Waals surface area contributed by atoms with Gasteiger partial charge in [-0.15, -0.1) is 11.8 Å². The number of carbonyl (C=O) groups is 2. The Kier molecular flexibility index (Phi) is 5.60. The van der Waals surface area contributed by atoms with Gasteiger partial charge in [0.2, 0.25) is 11.8 Å². The summed E-state index contributed by atoms with van der Waals surface area (Å²) in [6.07, 6.45) is 5.01. The third-order valence-corrected chi connectivity index (χ3v) is 5.72. The quantitative estimate of drug-likeness (QED) is 0.644. The zero-order valence-electron chi connectivity index (χ0n) is 13.4. The number of benzene rings is 1. The first-order valence-corrected chi connectivity index (χ1v) is 9.47. The molecule has 1 saturated carbocycles. The van der Waals surface area contributed by atoms with Gasteiger partial charge < -0.3 is 10.2 Å². The van der Waals surface area contributed by atoms with Gasteiger partial charge in [0.15, 0.2) is 0 Å². The van der Waals surface area contributed by atoms with E-state index in [-0.39, 0.29) is 17.7 Å². The molecule has 0 bridgehead atoms. The molecule has 0 aromatic heterocycles. The van der Waals surface area contributed by atoms with E-state index in [4.69, 9.17) is 0 Å². The Labute approximate surface area is 142 Å². The summed E-state index contributed by atoms with van der Waals surface area (Å²) in [4.78, 5) is 27.6. The Morgan fingerprint density at radius 1 is 1.22 bits per heavy atom. The maximum absolute atomic E-state index is 12.3. The van der Waals surface area contributed by atoms with E-state index < -0.39 is 0 Å². The molecule has 1 heterocycles. The van der Waals surface area contributed by atoms with Gasteiger partial charge in [-0.2, -0.15) is 0 Å². The Hall–Kier alpha value is -1.49. The number of nitrogens with one attached hydrogen (secondary N) is 1. The smallest absolute Gasteiger partial charge is 0.225 e. The highest BCUT2D eigenvalue weighted by molar-refractivity contribution is 7.99. The minimum absolute atomic E-state index is 0.0347. The van der Waals surface area contributed by atoms with Crippen molar-refractivity contribution in [3.63, 3.8) is 0 Å². The lowest BCUT2D eigenvalue weighted by Crippen LogP contribution is -2.37. The van der Waals surface area contributed by atoms with E-state index in [0.29, 0.717) is 25.6 Å². The zero-order valence-corrected chi connectivity index (χ0v) is 14.2. The van der Waals surface area contributed by atoms with Crippen molar-refractivity contribution in [1.29, 1.82) is 0 Å². The third kappa shape index (κ3) is 4.28. The molecule has 1 aliphatic carbocycles. The van der Waals surface area contributed by atoms with E-state index in [1.165, 1.54) is 17.7 Å². The third-order valence-electron chi connectivity index (χ3n) is 4.71. The first-order chi connectivity index (χ1) is 11.2. The molecule has 1 N–H and O–H groups in total. The Bertz CT molecular complexity index is 543. The SMILES string of the molecule is O=C(NCCSc1ccccc1)[C@H]1CC(=O)N(C2CCCC2)C1. The predicted molar refractivity (Wildman–Crippen MR) is 92.3 cm³/mol. The van der Waals surface area contributed by atoms with Gasteiger partial charge in [-0.25, -0.2) is 0 Å². The lowest BCUT2D eigenvalue weighted by Gasteiger charge is -2.23. The van der Waals surface area contributed by atoms with Gasteiger partial charge in [-0.3, -0.25) is 9.59 Å². The summed E-state index contributed by atoms with van der Waals surface area (Å²) in [6.45, 7) is 1.26. The first kappa shape index (κ1) is 16.4. The Balaban J connectivity index is 1.39. The van der Waals surface area contributed by atoms with Crippen LogP contribution in [0.1, 0.15) is 32.1 Å². The van der Waals surface area contributed by atoms with Crippen LogP contribution in [-0.4, -0.2) is 41.6 Å². The van der Waals surface area contributed by atoms with Gasteiger partial charge in [0.05, 0.1) is 5.92 Å². The molecule has 0 unspecified atom stereocenters. The molecule has 124 valence electrons. The van der Waals surface area contributed by atoms with E-state index >= 15 is 0 Å². The van der Waals surface area contributed by atoms with Crippen molar-refractivity contribution in [2.24, 2.45) is 5.92 Å². The number of nitrogens with zero attached hydrogens (tertiary/aromatic N) is 1. The van der Waals surface area contributed by atoms with Crippen molar-refractivity contribution in [1.82, 2.24) is 10.2 Å². The van der Waals surface area contributed by atoms with Crippen LogP contribution in [0, 0.1) is 5.92 Å². The molecule has 0 radical (unpaired) electrons. The molecule has 2 amide bonds. The highest BCUT2D eigenvalue weighted by Gasteiger charge is 2.38. The molecule has 0 spiro atoms. The van der Waals surface area contributed by atoms with Crippen LogP contribution in [0.5, 0.6) is 0 Å². The second-order valence-electron chi connectivity index (χ2n) is 6.34. The van der Waals surface area contributed by atoms with Crippen LogP contribution in [0.15, 0.2) is 35.2 Å². The first-order valence-electron chi connectivity index (χ1n) is 8.49. The molecule has 5 heteroatoms. The van der Waals surface area contributed by atoms with Crippen molar-refractivity contribution >= 4 is 23.6 Å². The van der Waals surface area contributed by atoms with Gasteiger partial charge >= 0.3 is 0 Å². The lowest BCUT2D eigenvalue weighted by atomic mass is 10.1. The minimum atomic E-state index is -0.162. The normalized spacial score (nSPS) is 21.8. The summed E-state index contributed by atoms with van der Waals surface area (Å²) >= 11 is 1.73. The van der Waals surface area contributed by atoms with Gasteiger partial charge in [0.1, 0.15) is 0 Å². The molecule has 1 aromatic rings. The summed E-state index contributed by atoms with van der Waals surface area (Å²) in [5.41, 5.74) is 0. The van der Waals surface area contributed by atoms with Gasteiger partial charge in [-0.1, -0.05) is 31.0 Å². The van der Waals surface area contributed by atoms with E-state index in [1.54, 1.807) is 11.8 Å². The Morgan fingerprint density at radius 3 is 2.70 bits per heavy atom. The van der Waals surface area contributed by atoms with E-state index in [2.05, 4.69) is 17.4 Å². The summed E-state index contributed by atoms with van der Waals surface area (Å²) < 4.78 is 0. The predicted octanol–water partition coefficient (Wildman–Crippen LogP) is 2.69. The molecular formula is C18H24N2O2S. The van der Waals surface area contributed by atoms with E-state index in [0.717, 1.165) is 18.6 Å². The summed E-state index contributed by atoms with van der Waals surface area (Å²) in [5, 5.41) is 2.99. The van der Waals surface area contributed by atoms with Crippen LogP contribution in [0.4, 0.5) is 0 Å². The second kappa shape index (κ2) is 7.86. The number of rotatable bonds is 6. The van der Waals surface area contributed by atoms with E-state index in [1.807, 2.05) is 23.1 Å². The topological polar surface area (TPSA) is 49.4 Å². The molecular weight excluding hydrogens is 308 g/mol.